The number of carbonyl (C=O) groups is 3. The summed E-state index contributed by atoms with van der Waals surface area (Å²) in [6, 6.07) is 4.79. The van der Waals surface area contributed by atoms with E-state index in [0.29, 0.717) is 62.6 Å². The Morgan fingerprint density at radius 3 is 2.57 bits per heavy atom. The monoisotopic (exact) mass is 508 g/mol. The van der Waals surface area contributed by atoms with Crippen LogP contribution >= 0.6 is 12.4 Å². The molecule has 2 aliphatic heterocycles. The number of methoxy groups -OCH3 is 1. The first-order chi connectivity index (χ1) is 16.5. The van der Waals surface area contributed by atoms with Crippen LogP contribution in [0.15, 0.2) is 18.2 Å². The minimum absolute atomic E-state index is 0. The van der Waals surface area contributed by atoms with Crippen LogP contribution in [0.1, 0.15) is 55.3 Å². The molecule has 0 spiro atoms. The quantitative estimate of drug-likeness (QED) is 0.563. The second-order valence-electron chi connectivity index (χ2n) is 9.36. The number of rotatable bonds is 2. The van der Waals surface area contributed by atoms with Gasteiger partial charge in [0.1, 0.15) is 6.10 Å². The van der Waals surface area contributed by atoms with Crippen LogP contribution in [0.5, 0.6) is 11.5 Å². The van der Waals surface area contributed by atoms with Crippen LogP contribution in [0, 0.1) is 5.92 Å². The zero-order valence-electron chi connectivity index (χ0n) is 20.3. The van der Waals surface area contributed by atoms with Gasteiger partial charge >= 0.3 is 0 Å². The molecule has 2 atom stereocenters. The van der Waals surface area contributed by atoms with Crippen molar-refractivity contribution in [3.63, 3.8) is 0 Å². The Kier molecular flexibility index (Phi) is 10.0. The summed E-state index contributed by atoms with van der Waals surface area (Å²) in [7, 11) is 1.56. The summed E-state index contributed by atoms with van der Waals surface area (Å²) in [4.78, 5) is 40.1. The van der Waals surface area contributed by atoms with Gasteiger partial charge in [0, 0.05) is 50.6 Å². The molecule has 4 bridgehead atoms. The molecule has 0 aromatic heterocycles. The maximum atomic E-state index is 12.9. The summed E-state index contributed by atoms with van der Waals surface area (Å²) in [5.41, 5.74) is 0.483. The largest absolute Gasteiger partial charge is 0.493 e. The molecule has 3 aliphatic rings. The normalized spacial score (nSPS) is 24.3. The lowest BCUT2D eigenvalue weighted by Gasteiger charge is -2.32. The molecule has 10 heteroatoms. The van der Waals surface area contributed by atoms with Gasteiger partial charge in [-0.25, -0.2) is 0 Å². The van der Waals surface area contributed by atoms with Crippen molar-refractivity contribution in [2.75, 3.05) is 39.8 Å². The Labute approximate surface area is 213 Å². The summed E-state index contributed by atoms with van der Waals surface area (Å²) in [5, 5.41) is 9.19. The van der Waals surface area contributed by atoms with Crippen molar-refractivity contribution in [3.8, 4) is 11.5 Å². The molecule has 194 valence electrons. The zero-order valence-corrected chi connectivity index (χ0v) is 21.2. The fraction of sp³-hybridized carbons (Fsp3) is 0.640. The molecule has 1 aromatic carbocycles. The smallest absolute Gasteiger partial charge is 0.251 e. The van der Waals surface area contributed by atoms with Gasteiger partial charge in [0.2, 0.25) is 11.8 Å². The second-order valence-corrected chi connectivity index (χ2v) is 9.36. The Morgan fingerprint density at radius 2 is 1.83 bits per heavy atom. The SMILES string of the molecule is COc1ccc2cc1O[C@@H]1CN[C@@H](C1)C(=O)NCCCCN(C(=O)C1CCC1)CCCNC2=O.Cl. The van der Waals surface area contributed by atoms with Crippen molar-refractivity contribution in [1.29, 1.82) is 0 Å². The van der Waals surface area contributed by atoms with Crippen molar-refractivity contribution in [2.24, 2.45) is 5.92 Å². The number of hydrogen-bond acceptors (Lipinski definition) is 6. The zero-order chi connectivity index (χ0) is 23.9. The molecule has 0 radical (unpaired) electrons. The minimum Gasteiger partial charge on any atom is -0.493 e. The standard InChI is InChI=1S/C25H36N4O5.ClH/c1-33-21-9-8-18-14-22(21)34-19-15-20(28-16-19)24(31)27-10-2-3-12-29(13-5-11-26-23(18)30)25(32)17-6-4-7-17;/h8-9,14,17,19-20,28H,2-7,10-13,15-16H2,1H3,(H,26,30)(H,27,31);1H/t19-,20-;/m0./s1. The third-order valence-corrected chi connectivity index (χ3v) is 6.94. The van der Waals surface area contributed by atoms with E-state index >= 15 is 0 Å². The molecule has 9 nitrogen and oxygen atoms in total. The van der Waals surface area contributed by atoms with Gasteiger partial charge in [-0.2, -0.15) is 0 Å². The number of nitrogens with one attached hydrogen (secondary N) is 3. The molecular weight excluding hydrogens is 472 g/mol. The molecule has 2 heterocycles. The van der Waals surface area contributed by atoms with E-state index < -0.39 is 0 Å². The number of hydrogen-bond donors (Lipinski definition) is 3. The van der Waals surface area contributed by atoms with E-state index in [1.165, 1.54) is 0 Å². The fourth-order valence-electron chi connectivity index (χ4n) is 4.66. The average molecular weight is 509 g/mol. The number of fused-ring (bicyclic) bond motifs is 4. The molecule has 4 rings (SSSR count). The summed E-state index contributed by atoms with van der Waals surface area (Å²) in [6.45, 7) is 2.90. The Bertz CT molecular complexity index is 895. The maximum absolute atomic E-state index is 12.9. The van der Waals surface area contributed by atoms with E-state index in [1.807, 2.05) is 4.90 Å². The molecule has 0 unspecified atom stereocenters. The molecule has 1 saturated carbocycles. The third kappa shape index (κ3) is 7.01. The van der Waals surface area contributed by atoms with Crippen LogP contribution in [0.3, 0.4) is 0 Å². The number of benzene rings is 1. The second kappa shape index (κ2) is 13.0. The van der Waals surface area contributed by atoms with Gasteiger partial charge in [-0.3, -0.25) is 14.4 Å². The fourth-order valence-corrected chi connectivity index (χ4v) is 4.66. The van der Waals surface area contributed by atoms with E-state index in [1.54, 1.807) is 25.3 Å². The number of amides is 3. The van der Waals surface area contributed by atoms with Crippen LogP contribution in [0.25, 0.3) is 0 Å². The third-order valence-electron chi connectivity index (χ3n) is 6.94. The molecule has 35 heavy (non-hydrogen) atoms. The molecule has 1 aromatic rings. The highest BCUT2D eigenvalue weighted by Crippen LogP contribution is 2.31. The lowest BCUT2D eigenvalue weighted by molar-refractivity contribution is -0.138. The highest BCUT2D eigenvalue weighted by molar-refractivity contribution is 5.94. The average Bonchev–Trinajstić information content (AvgIpc) is 3.26. The van der Waals surface area contributed by atoms with Crippen molar-refractivity contribution >= 4 is 30.1 Å². The molecule has 2 fully saturated rings. The lowest BCUT2D eigenvalue weighted by Crippen LogP contribution is -2.42. The molecular formula is C25H37ClN4O5. The first-order valence-corrected chi connectivity index (χ1v) is 12.5. The van der Waals surface area contributed by atoms with E-state index in [-0.39, 0.29) is 48.2 Å². The van der Waals surface area contributed by atoms with Gasteiger partial charge in [-0.1, -0.05) is 6.42 Å². The van der Waals surface area contributed by atoms with Gasteiger partial charge in [0.05, 0.1) is 13.2 Å². The first kappa shape index (κ1) is 27.1. The number of carbonyl (C=O) groups excluding carboxylic acids is 3. The lowest BCUT2D eigenvalue weighted by atomic mass is 9.84. The van der Waals surface area contributed by atoms with E-state index in [4.69, 9.17) is 9.47 Å². The van der Waals surface area contributed by atoms with Crippen LogP contribution in [0.2, 0.25) is 0 Å². The number of nitrogens with zero attached hydrogens (tertiary/aromatic N) is 1. The van der Waals surface area contributed by atoms with Crippen LogP contribution < -0.4 is 25.4 Å². The van der Waals surface area contributed by atoms with Crippen molar-refractivity contribution in [1.82, 2.24) is 20.9 Å². The summed E-state index contributed by atoms with van der Waals surface area (Å²) in [6.07, 6.45) is 5.74. The summed E-state index contributed by atoms with van der Waals surface area (Å²) < 4.78 is 11.5. The van der Waals surface area contributed by atoms with Crippen molar-refractivity contribution < 1.29 is 23.9 Å². The van der Waals surface area contributed by atoms with E-state index in [9.17, 15) is 14.4 Å². The topological polar surface area (TPSA) is 109 Å². The van der Waals surface area contributed by atoms with Crippen molar-refractivity contribution in [2.45, 2.75) is 57.1 Å². The highest BCUT2D eigenvalue weighted by Gasteiger charge is 2.32. The van der Waals surface area contributed by atoms with Gasteiger partial charge in [-0.05, 0) is 50.3 Å². The van der Waals surface area contributed by atoms with Crippen molar-refractivity contribution in [3.05, 3.63) is 23.8 Å². The summed E-state index contributed by atoms with van der Waals surface area (Å²) in [5.74, 6) is 1.18. The molecule has 3 amide bonds. The van der Waals surface area contributed by atoms with Gasteiger partial charge in [0.25, 0.3) is 5.91 Å². The van der Waals surface area contributed by atoms with Gasteiger partial charge < -0.3 is 30.3 Å². The predicted molar refractivity (Wildman–Crippen MR) is 134 cm³/mol. The highest BCUT2D eigenvalue weighted by atomic mass is 35.5. The maximum Gasteiger partial charge on any atom is 0.251 e. The number of halogens is 1. The van der Waals surface area contributed by atoms with E-state index in [2.05, 4.69) is 16.0 Å². The minimum atomic E-state index is -0.318. The van der Waals surface area contributed by atoms with Crippen LogP contribution in [-0.2, 0) is 9.59 Å². The van der Waals surface area contributed by atoms with Gasteiger partial charge in [0.15, 0.2) is 11.5 Å². The van der Waals surface area contributed by atoms with E-state index in [0.717, 1.165) is 32.1 Å². The van der Waals surface area contributed by atoms with Crippen LogP contribution in [-0.4, -0.2) is 74.6 Å². The Morgan fingerprint density at radius 1 is 1.06 bits per heavy atom. The first-order valence-electron chi connectivity index (χ1n) is 12.5. The molecule has 1 saturated heterocycles. The van der Waals surface area contributed by atoms with Gasteiger partial charge in [-0.15, -0.1) is 12.4 Å². The Hall–Kier alpha value is -2.52. The molecule has 3 N–H and O–H groups in total. The molecule has 1 aliphatic carbocycles. The predicted octanol–water partition coefficient (Wildman–Crippen LogP) is 1.88. The summed E-state index contributed by atoms with van der Waals surface area (Å²) >= 11 is 0. The number of ether oxygens (including phenoxy) is 2. The Balaban J connectivity index is 0.00000342. The van der Waals surface area contributed by atoms with Crippen LogP contribution in [0.4, 0.5) is 0 Å².